The highest BCUT2D eigenvalue weighted by Crippen LogP contribution is 2.36. The zero-order valence-electron chi connectivity index (χ0n) is 17.1. The first-order valence-electron chi connectivity index (χ1n) is 9.82. The second-order valence-electron chi connectivity index (χ2n) is 6.87. The normalized spacial score (nSPS) is 12.1. The highest BCUT2D eigenvalue weighted by molar-refractivity contribution is 6.67. The molecular weight excluding hydrogens is 395 g/mol. The number of hydrogen-bond donors (Lipinski definition) is 0. The van der Waals surface area contributed by atoms with E-state index < -0.39 is 5.97 Å². The molecule has 0 N–H and O–H groups in total. The van der Waals surface area contributed by atoms with E-state index in [0.29, 0.717) is 35.1 Å². The molecule has 0 bridgehead atoms. The molecule has 0 amide bonds. The number of nitrogens with zero attached hydrogens (tertiary/aromatic N) is 2. The van der Waals surface area contributed by atoms with E-state index in [-0.39, 0.29) is 19.4 Å². The van der Waals surface area contributed by atoms with E-state index in [4.69, 9.17) is 25.4 Å². The fraction of sp³-hybridized carbons (Fsp3) is 0.174. The van der Waals surface area contributed by atoms with Crippen molar-refractivity contribution in [2.45, 2.75) is 20.4 Å². The molecule has 0 saturated heterocycles. The van der Waals surface area contributed by atoms with E-state index >= 15 is 0 Å². The molecule has 8 heteroatoms. The van der Waals surface area contributed by atoms with Crippen LogP contribution in [0.25, 0.3) is 4.85 Å². The van der Waals surface area contributed by atoms with Crippen molar-refractivity contribution in [2.24, 2.45) is 0 Å². The average Bonchev–Trinajstić information content (AvgIpc) is 3.15. The smallest absolute Gasteiger partial charge is 0.338 e. The van der Waals surface area contributed by atoms with Crippen molar-refractivity contribution in [2.75, 3.05) is 6.61 Å². The van der Waals surface area contributed by atoms with Gasteiger partial charge >= 0.3 is 12.9 Å². The Kier molecular flexibility index (Phi) is 5.87. The molecule has 2 aromatic carbocycles. The summed E-state index contributed by atoms with van der Waals surface area (Å²) in [7, 11) is 0. The monoisotopic (exact) mass is 414 g/mol. The van der Waals surface area contributed by atoms with Crippen LogP contribution in [0.15, 0.2) is 54.7 Å². The summed E-state index contributed by atoms with van der Waals surface area (Å²) in [6, 6.07) is 13.8. The fourth-order valence-electron chi connectivity index (χ4n) is 3.22. The van der Waals surface area contributed by atoms with Gasteiger partial charge in [-0.1, -0.05) is 12.9 Å². The molecule has 4 rings (SSSR count). The summed E-state index contributed by atoms with van der Waals surface area (Å²) in [6.45, 7) is 11.7. The van der Waals surface area contributed by atoms with Crippen molar-refractivity contribution in [1.82, 2.24) is 4.98 Å². The molecule has 154 valence electrons. The van der Waals surface area contributed by atoms with E-state index in [1.807, 2.05) is 25.0 Å². The Balaban J connectivity index is 1.65. The van der Waals surface area contributed by atoms with E-state index in [0.717, 1.165) is 11.0 Å². The third kappa shape index (κ3) is 4.52. The highest BCUT2D eigenvalue weighted by Gasteiger charge is 2.24. The number of fused-ring (bicyclic) bond motifs is 1. The van der Waals surface area contributed by atoms with Gasteiger partial charge < -0.3 is 18.9 Å². The Morgan fingerprint density at radius 3 is 2.77 bits per heavy atom. The van der Waals surface area contributed by atoms with Crippen LogP contribution in [-0.2, 0) is 16.0 Å². The molecule has 0 saturated carbocycles. The topological polar surface area (TPSA) is 71.2 Å². The minimum Gasteiger partial charge on any atom is -0.462 e. The maximum Gasteiger partial charge on any atom is 0.338 e. The van der Waals surface area contributed by atoms with Gasteiger partial charge in [-0.2, -0.15) is 0 Å². The van der Waals surface area contributed by atoms with Gasteiger partial charge in [-0.3, -0.25) is 0 Å². The average molecular weight is 414 g/mol. The second kappa shape index (κ2) is 8.90. The van der Waals surface area contributed by atoms with Gasteiger partial charge in [0.2, 0.25) is 11.6 Å². The Bertz CT molecular complexity index is 1160. The predicted molar refractivity (Wildman–Crippen MR) is 116 cm³/mol. The van der Waals surface area contributed by atoms with Crippen LogP contribution in [0.3, 0.4) is 0 Å². The summed E-state index contributed by atoms with van der Waals surface area (Å²) in [6.07, 6.45) is 1.42. The summed E-state index contributed by atoms with van der Waals surface area (Å²) in [5.41, 5.74) is 2.95. The molecule has 0 atom stereocenters. The lowest BCUT2D eigenvalue weighted by Crippen LogP contribution is -2.23. The summed E-state index contributed by atoms with van der Waals surface area (Å²) >= 11 is 0. The molecule has 0 unspecified atom stereocenters. The first kappa shape index (κ1) is 20.4. The van der Waals surface area contributed by atoms with Crippen molar-refractivity contribution in [3.63, 3.8) is 0 Å². The zero-order chi connectivity index (χ0) is 21.8. The molecule has 1 aliphatic rings. The zero-order valence-corrected chi connectivity index (χ0v) is 17.1. The maximum absolute atomic E-state index is 12.2. The number of pyridine rings is 1. The third-order valence-corrected chi connectivity index (χ3v) is 4.79. The highest BCUT2D eigenvalue weighted by atomic mass is 16.5. The summed E-state index contributed by atoms with van der Waals surface area (Å²) in [5, 5.41) is 0. The van der Waals surface area contributed by atoms with Crippen LogP contribution in [0.2, 0.25) is 6.82 Å². The number of esters is 1. The van der Waals surface area contributed by atoms with Gasteiger partial charge in [0.15, 0.2) is 11.5 Å². The Labute approximate surface area is 180 Å². The minimum absolute atomic E-state index is 0.0660. The first-order chi connectivity index (χ1) is 15.1. The van der Waals surface area contributed by atoms with Crippen molar-refractivity contribution in [3.05, 3.63) is 77.3 Å². The molecule has 31 heavy (non-hydrogen) atoms. The molecule has 1 aromatic heterocycles. The predicted octanol–water partition coefficient (Wildman–Crippen LogP) is 4.75. The third-order valence-electron chi connectivity index (χ3n) is 4.79. The lowest BCUT2D eigenvalue weighted by atomic mass is 9.64. The van der Waals surface area contributed by atoms with Gasteiger partial charge in [0.05, 0.1) is 25.3 Å². The largest absolute Gasteiger partial charge is 0.462 e. The van der Waals surface area contributed by atoms with Crippen LogP contribution >= 0.6 is 0 Å². The van der Waals surface area contributed by atoms with Gasteiger partial charge in [0.1, 0.15) is 5.75 Å². The molecule has 0 spiro atoms. The second-order valence-corrected chi connectivity index (χ2v) is 6.87. The maximum atomic E-state index is 12.2. The van der Waals surface area contributed by atoms with Crippen molar-refractivity contribution in [1.29, 1.82) is 0 Å². The number of rotatable bonds is 6. The lowest BCUT2D eigenvalue weighted by Gasteiger charge is -2.14. The lowest BCUT2D eigenvalue weighted by molar-refractivity contribution is 0.0526. The Morgan fingerprint density at radius 1 is 1.16 bits per heavy atom. The van der Waals surface area contributed by atoms with Crippen LogP contribution in [0.1, 0.15) is 22.8 Å². The van der Waals surface area contributed by atoms with Crippen LogP contribution in [0, 0.1) is 6.57 Å². The van der Waals surface area contributed by atoms with Gasteiger partial charge in [-0.25, -0.2) is 14.6 Å². The number of aromatic nitrogens is 1. The molecule has 3 aromatic rings. The minimum atomic E-state index is -0.459. The van der Waals surface area contributed by atoms with E-state index in [1.165, 1.54) is 6.20 Å². The number of benzene rings is 2. The summed E-state index contributed by atoms with van der Waals surface area (Å²) in [4.78, 5) is 19.6. The van der Waals surface area contributed by atoms with Gasteiger partial charge in [-0.15, -0.1) is 0 Å². The van der Waals surface area contributed by atoms with Crippen molar-refractivity contribution < 1.29 is 23.7 Å². The van der Waals surface area contributed by atoms with Gasteiger partial charge in [0.25, 0.3) is 0 Å². The van der Waals surface area contributed by atoms with E-state index in [9.17, 15) is 4.79 Å². The number of carbonyl (C=O) groups is 1. The number of hydrogen-bond acceptors (Lipinski definition) is 6. The molecular formula is C23H19BN2O5. The molecule has 0 aliphatic carbocycles. The Hall–Kier alpha value is -3.83. The van der Waals surface area contributed by atoms with E-state index in [1.54, 1.807) is 37.3 Å². The summed E-state index contributed by atoms with van der Waals surface area (Å²) in [5.74, 6) is 1.16. The molecule has 1 aliphatic heterocycles. The van der Waals surface area contributed by atoms with Crippen molar-refractivity contribution in [3.8, 4) is 23.1 Å². The molecule has 0 fully saturated rings. The fourth-order valence-corrected chi connectivity index (χ4v) is 3.22. The van der Waals surface area contributed by atoms with Crippen molar-refractivity contribution >= 4 is 24.0 Å². The van der Waals surface area contributed by atoms with Gasteiger partial charge in [0, 0.05) is 6.20 Å². The number of ether oxygens (including phenoxy) is 3. The van der Waals surface area contributed by atoms with Crippen LogP contribution < -0.4 is 14.9 Å². The van der Waals surface area contributed by atoms with Crippen LogP contribution in [0.4, 0.5) is 5.69 Å². The molecule has 0 radical (unpaired) electrons. The first-order valence-corrected chi connectivity index (χ1v) is 9.82. The molecule has 2 heterocycles. The molecule has 7 nitrogen and oxygen atoms in total. The van der Waals surface area contributed by atoms with Gasteiger partial charge in [-0.05, 0) is 60.4 Å². The standard InChI is InChI=1S/C23H19BN2O5/c1-4-28-23(27)15-5-9-20(21(12-15)31-22-10-6-17(25-3)13-26-22)30-18-7-8-19-16(11-18)14-29-24(19)2/h5-13H,4,14H2,1-2H3. The summed E-state index contributed by atoms with van der Waals surface area (Å²) < 4.78 is 22.7. The van der Waals surface area contributed by atoms with Crippen LogP contribution in [0.5, 0.6) is 23.1 Å². The Morgan fingerprint density at radius 2 is 2.03 bits per heavy atom. The van der Waals surface area contributed by atoms with E-state index in [2.05, 4.69) is 9.83 Å². The van der Waals surface area contributed by atoms with Crippen LogP contribution in [-0.4, -0.2) is 24.5 Å². The SMILES string of the molecule is [C-]#[N+]c1ccc(Oc2cc(C(=O)OCC)ccc2Oc2ccc3c(c2)COB3C)nc1. The number of carbonyl (C=O) groups excluding carboxylic acids is 1. The quantitative estimate of drug-likeness (QED) is 0.329.